The smallest absolute Gasteiger partial charge is 0.338 e. The Bertz CT molecular complexity index is 946. The number of halogens is 1. The standard InChI is InChI=1S/C18H19ClN2O5S/c1-12(17(22)21-11-14-6-3-4-9-16(14)19)26-18(23)13-7-5-8-15(10-13)27(24,25)20-2/h3-10,12,20H,11H2,1-2H3,(H,21,22). The zero-order valence-corrected chi connectivity index (χ0v) is 16.3. The molecule has 0 fully saturated rings. The molecule has 0 saturated heterocycles. The number of esters is 1. The second-order valence-corrected chi connectivity index (χ2v) is 7.89. The van der Waals surface area contributed by atoms with E-state index in [1.807, 2.05) is 0 Å². The molecule has 0 aliphatic carbocycles. The average molecular weight is 411 g/mol. The van der Waals surface area contributed by atoms with Gasteiger partial charge in [0.25, 0.3) is 5.91 Å². The van der Waals surface area contributed by atoms with E-state index >= 15 is 0 Å². The Balaban J connectivity index is 2.00. The first-order valence-corrected chi connectivity index (χ1v) is 9.86. The van der Waals surface area contributed by atoms with Crippen molar-refractivity contribution in [2.24, 2.45) is 0 Å². The Morgan fingerprint density at radius 1 is 1.15 bits per heavy atom. The van der Waals surface area contributed by atoms with E-state index in [4.69, 9.17) is 16.3 Å². The Labute approximate surface area is 162 Å². The van der Waals surface area contributed by atoms with Gasteiger partial charge in [0.1, 0.15) is 0 Å². The van der Waals surface area contributed by atoms with Gasteiger partial charge >= 0.3 is 5.97 Å². The number of nitrogens with one attached hydrogen (secondary N) is 2. The van der Waals surface area contributed by atoms with Gasteiger partial charge in [-0.15, -0.1) is 0 Å². The van der Waals surface area contributed by atoms with Crippen LogP contribution in [0, 0.1) is 0 Å². The Morgan fingerprint density at radius 2 is 1.85 bits per heavy atom. The van der Waals surface area contributed by atoms with Crippen molar-refractivity contribution in [1.29, 1.82) is 0 Å². The van der Waals surface area contributed by atoms with Crippen molar-refractivity contribution in [2.45, 2.75) is 24.5 Å². The van der Waals surface area contributed by atoms with Gasteiger partial charge in [0, 0.05) is 11.6 Å². The predicted molar refractivity (Wildman–Crippen MR) is 101 cm³/mol. The van der Waals surface area contributed by atoms with Crippen LogP contribution in [0.25, 0.3) is 0 Å². The number of ether oxygens (including phenoxy) is 1. The summed E-state index contributed by atoms with van der Waals surface area (Å²) in [5, 5.41) is 3.15. The van der Waals surface area contributed by atoms with E-state index in [1.54, 1.807) is 24.3 Å². The zero-order valence-electron chi connectivity index (χ0n) is 14.7. The third-order valence-electron chi connectivity index (χ3n) is 3.71. The van der Waals surface area contributed by atoms with Crippen molar-refractivity contribution in [3.05, 3.63) is 64.7 Å². The molecular formula is C18H19ClN2O5S. The quantitative estimate of drug-likeness (QED) is 0.681. The van der Waals surface area contributed by atoms with Crippen LogP contribution in [0.2, 0.25) is 5.02 Å². The van der Waals surface area contributed by atoms with Crippen LogP contribution in [0.1, 0.15) is 22.8 Å². The molecule has 2 aromatic carbocycles. The van der Waals surface area contributed by atoms with Gasteiger partial charge in [-0.2, -0.15) is 0 Å². The van der Waals surface area contributed by atoms with Crippen molar-refractivity contribution in [1.82, 2.24) is 10.0 Å². The summed E-state index contributed by atoms with van der Waals surface area (Å²) < 4.78 is 30.9. The second-order valence-electron chi connectivity index (χ2n) is 5.59. The molecular weight excluding hydrogens is 392 g/mol. The van der Waals surface area contributed by atoms with Crippen LogP contribution in [-0.2, 0) is 26.1 Å². The lowest BCUT2D eigenvalue weighted by atomic mass is 10.2. The summed E-state index contributed by atoms with van der Waals surface area (Å²) in [5.41, 5.74) is 0.757. The van der Waals surface area contributed by atoms with E-state index in [-0.39, 0.29) is 17.0 Å². The van der Waals surface area contributed by atoms with E-state index in [0.717, 1.165) is 5.56 Å². The monoisotopic (exact) mass is 410 g/mol. The largest absolute Gasteiger partial charge is 0.449 e. The van der Waals surface area contributed by atoms with Crippen LogP contribution in [-0.4, -0.2) is 33.4 Å². The van der Waals surface area contributed by atoms with E-state index in [1.165, 1.54) is 38.2 Å². The first kappa shape index (κ1) is 20.9. The maximum absolute atomic E-state index is 12.2. The average Bonchev–Trinajstić information content (AvgIpc) is 2.67. The van der Waals surface area contributed by atoms with Gasteiger partial charge in [-0.1, -0.05) is 35.9 Å². The molecule has 0 aliphatic rings. The predicted octanol–water partition coefficient (Wildman–Crippen LogP) is 2.11. The number of hydrogen-bond acceptors (Lipinski definition) is 5. The van der Waals surface area contributed by atoms with E-state index in [2.05, 4.69) is 10.0 Å². The van der Waals surface area contributed by atoms with Crippen LogP contribution >= 0.6 is 11.6 Å². The van der Waals surface area contributed by atoms with E-state index in [9.17, 15) is 18.0 Å². The molecule has 2 aromatic rings. The molecule has 1 unspecified atom stereocenters. The lowest BCUT2D eigenvalue weighted by molar-refractivity contribution is -0.129. The minimum absolute atomic E-state index is 0.0251. The molecule has 0 heterocycles. The number of benzene rings is 2. The summed E-state index contributed by atoms with van der Waals surface area (Å²) in [5.74, 6) is -1.30. The fourth-order valence-electron chi connectivity index (χ4n) is 2.16. The molecule has 2 rings (SSSR count). The Hall–Kier alpha value is -2.42. The first-order valence-electron chi connectivity index (χ1n) is 8.00. The minimum atomic E-state index is -3.69. The molecule has 0 spiro atoms. The molecule has 0 saturated carbocycles. The maximum Gasteiger partial charge on any atom is 0.338 e. The zero-order chi connectivity index (χ0) is 20.0. The summed E-state index contributed by atoms with van der Waals surface area (Å²) >= 11 is 6.02. The highest BCUT2D eigenvalue weighted by Crippen LogP contribution is 2.15. The number of rotatable bonds is 7. The van der Waals surface area contributed by atoms with Crippen molar-refractivity contribution in [3.8, 4) is 0 Å². The third kappa shape index (κ3) is 5.53. The fourth-order valence-corrected chi connectivity index (χ4v) is 3.14. The molecule has 0 radical (unpaired) electrons. The van der Waals surface area contributed by atoms with E-state index in [0.29, 0.717) is 5.02 Å². The van der Waals surface area contributed by atoms with Crippen molar-refractivity contribution in [3.63, 3.8) is 0 Å². The maximum atomic E-state index is 12.2. The number of hydrogen-bond donors (Lipinski definition) is 2. The number of sulfonamides is 1. The first-order chi connectivity index (χ1) is 12.7. The molecule has 1 amide bonds. The van der Waals surface area contributed by atoms with Gasteiger partial charge in [-0.05, 0) is 43.8 Å². The summed E-state index contributed by atoms with van der Waals surface area (Å²) in [6, 6.07) is 12.4. The molecule has 2 N–H and O–H groups in total. The number of carbonyl (C=O) groups is 2. The molecule has 144 valence electrons. The summed E-state index contributed by atoms with van der Waals surface area (Å²) in [4.78, 5) is 24.3. The number of carbonyl (C=O) groups excluding carboxylic acids is 2. The highest BCUT2D eigenvalue weighted by molar-refractivity contribution is 7.89. The van der Waals surface area contributed by atoms with Crippen LogP contribution in [0.3, 0.4) is 0 Å². The van der Waals surface area contributed by atoms with Crippen LogP contribution < -0.4 is 10.0 Å². The van der Waals surface area contributed by atoms with Crippen molar-refractivity contribution < 1.29 is 22.7 Å². The molecule has 7 nitrogen and oxygen atoms in total. The van der Waals surface area contributed by atoms with Gasteiger partial charge in [-0.3, -0.25) is 4.79 Å². The molecule has 1 atom stereocenters. The van der Waals surface area contributed by atoms with Gasteiger partial charge in [0.2, 0.25) is 10.0 Å². The Morgan fingerprint density at radius 3 is 2.52 bits per heavy atom. The van der Waals surface area contributed by atoms with Crippen molar-refractivity contribution >= 4 is 33.5 Å². The van der Waals surface area contributed by atoms with Gasteiger partial charge in [0.05, 0.1) is 10.5 Å². The highest BCUT2D eigenvalue weighted by atomic mass is 35.5. The highest BCUT2D eigenvalue weighted by Gasteiger charge is 2.20. The fraction of sp³-hybridized carbons (Fsp3) is 0.222. The summed E-state index contributed by atoms with van der Waals surface area (Å²) in [7, 11) is -2.42. The normalized spacial score (nSPS) is 12.3. The summed E-state index contributed by atoms with van der Waals surface area (Å²) in [6.45, 7) is 1.62. The lowest BCUT2D eigenvalue weighted by Crippen LogP contribution is -2.35. The topological polar surface area (TPSA) is 102 Å². The molecule has 9 heteroatoms. The summed E-state index contributed by atoms with van der Waals surface area (Å²) in [6.07, 6.45) is -1.07. The van der Waals surface area contributed by atoms with Crippen LogP contribution in [0.4, 0.5) is 0 Å². The van der Waals surface area contributed by atoms with E-state index < -0.39 is 28.0 Å². The Kier molecular flexibility index (Phi) is 6.95. The van der Waals surface area contributed by atoms with Gasteiger partial charge < -0.3 is 10.1 Å². The molecule has 27 heavy (non-hydrogen) atoms. The third-order valence-corrected chi connectivity index (χ3v) is 5.49. The number of amides is 1. The second kappa shape index (κ2) is 8.98. The van der Waals surface area contributed by atoms with Gasteiger partial charge in [0.15, 0.2) is 6.10 Å². The SMILES string of the molecule is CNS(=O)(=O)c1cccc(C(=O)OC(C)C(=O)NCc2ccccc2Cl)c1. The van der Waals surface area contributed by atoms with Crippen molar-refractivity contribution in [2.75, 3.05) is 7.05 Å². The van der Waals surface area contributed by atoms with Crippen LogP contribution in [0.5, 0.6) is 0 Å². The minimum Gasteiger partial charge on any atom is -0.449 e. The molecule has 0 aliphatic heterocycles. The van der Waals surface area contributed by atoms with Gasteiger partial charge in [-0.25, -0.2) is 17.9 Å². The lowest BCUT2D eigenvalue weighted by Gasteiger charge is -2.14. The van der Waals surface area contributed by atoms with Crippen LogP contribution in [0.15, 0.2) is 53.4 Å². The molecule has 0 bridgehead atoms. The molecule has 0 aromatic heterocycles.